The summed E-state index contributed by atoms with van der Waals surface area (Å²) in [7, 11) is 0. The van der Waals surface area contributed by atoms with E-state index in [-0.39, 0.29) is 22.9 Å². The van der Waals surface area contributed by atoms with Gasteiger partial charge in [0.2, 0.25) is 11.8 Å². The number of nitrogens with zero attached hydrogens (tertiary/aromatic N) is 1. The van der Waals surface area contributed by atoms with Gasteiger partial charge in [0, 0.05) is 24.2 Å². The van der Waals surface area contributed by atoms with Crippen LogP contribution < -0.4 is 21.1 Å². The molecule has 1 aromatic heterocycles. The molecule has 188 valence electrons. The van der Waals surface area contributed by atoms with Gasteiger partial charge in [-0.2, -0.15) is 0 Å². The number of ether oxygens (including phenoxy) is 1. The maximum atomic E-state index is 13.3. The maximum absolute atomic E-state index is 13.3. The highest BCUT2D eigenvalue weighted by atomic mass is 35.5. The molecule has 0 radical (unpaired) electrons. The third kappa shape index (κ3) is 7.29. The molecule has 1 atom stereocenters. The number of carbonyl (C=O) groups is 2. The molecule has 7 nitrogen and oxygen atoms in total. The first-order valence-electron chi connectivity index (χ1n) is 12.2. The zero-order valence-corrected chi connectivity index (χ0v) is 20.8. The average molecular weight is 507 g/mol. The summed E-state index contributed by atoms with van der Waals surface area (Å²) in [6.07, 6.45) is 5.25. The van der Waals surface area contributed by atoms with E-state index < -0.39 is 6.04 Å². The quantitative estimate of drug-likeness (QED) is 0.356. The second kappa shape index (κ2) is 12.5. The lowest BCUT2D eigenvalue weighted by Crippen LogP contribution is -2.48. The lowest BCUT2D eigenvalue weighted by molar-refractivity contribution is -0.130. The van der Waals surface area contributed by atoms with E-state index in [4.69, 9.17) is 22.1 Å². The monoisotopic (exact) mass is 506 g/mol. The second-order valence-corrected chi connectivity index (χ2v) is 9.52. The van der Waals surface area contributed by atoms with Crippen molar-refractivity contribution in [3.05, 3.63) is 83.6 Å². The van der Waals surface area contributed by atoms with Crippen molar-refractivity contribution in [2.24, 2.45) is 17.6 Å². The number of pyridine rings is 1. The molecule has 0 bridgehead atoms. The van der Waals surface area contributed by atoms with Crippen LogP contribution in [0.3, 0.4) is 0 Å². The van der Waals surface area contributed by atoms with Gasteiger partial charge in [0.05, 0.1) is 0 Å². The van der Waals surface area contributed by atoms with Crippen molar-refractivity contribution in [3.63, 3.8) is 0 Å². The standard InChI is InChI=1S/C28H31ClN4O3/c29-26-17-22(13-14-31-26)32-28(35)25(33-27(34)21-11-9-19(18-30)10-12-21)16-20-5-4-8-24(15-20)36-23-6-2-1-3-7-23/h1-8,13-15,17,19,21,25H,9-12,16,18,30H2,(H,33,34)(H,31,32,35). The molecule has 3 aromatic rings. The van der Waals surface area contributed by atoms with Crippen molar-refractivity contribution in [3.8, 4) is 11.5 Å². The number of nitrogens with two attached hydrogens (primary N) is 1. The van der Waals surface area contributed by atoms with E-state index in [1.807, 2.05) is 54.6 Å². The van der Waals surface area contributed by atoms with E-state index in [2.05, 4.69) is 15.6 Å². The summed E-state index contributed by atoms with van der Waals surface area (Å²) >= 11 is 5.98. The van der Waals surface area contributed by atoms with Crippen molar-refractivity contribution in [2.75, 3.05) is 11.9 Å². The van der Waals surface area contributed by atoms with Gasteiger partial charge in [-0.25, -0.2) is 4.98 Å². The largest absolute Gasteiger partial charge is 0.457 e. The predicted molar refractivity (Wildman–Crippen MR) is 141 cm³/mol. The van der Waals surface area contributed by atoms with Gasteiger partial charge in [0.15, 0.2) is 0 Å². The third-order valence-electron chi connectivity index (χ3n) is 6.50. The molecule has 4 N–H and O–H groups in total. The Morgan fingerprint density at radius 1 is 1.00 bits per heavy atom. The van der Waals surface area contributed by atoms with Gasteiger partial charge in [0.1, 0.15) is 22.7 Å². The Morgan fingerprint density at radius 2 is 1.75 bits per heavy atom. The van der Waals surface area contributed by atoms with E-state index in [0.29, 0.717) is 30.3 Å². The summed E-state index contributed by atoms with van der Waals surface area (Å²) in [6.45, 7) is 0.648. The molecule has 1 saturated carbocycles. The molecule has 2 amide bonds. The topological polar surface area (TPSA) is 106 Å². The summed E-state index contributed by atoms with van der Waals surface area (Å²) in [5.74, 6) is 1.30. The Balaban J connectivity index is 1.48. The lowest BCUT2D eigenvalue weighted by atomic mass is 9.81. The van der Waals surface area contributed by atoms with Crippen LogP contribution in [0.4, 0.5) is 5.69 Å². The van der Waals surface area contributed by atoms with Crippen LogP contribution in [0.25, 0.3) is 0 Å². The van der Waals surface area contributed by atoms with Crippen LogP contribution in [0.5, 0.6) is 11.5 Å². The van der Waals surface area contributed by atoms with E-state index in [1.165, 1.54) is 6.20 Å². The maximum Gasteiger partial charge on any atom is 0.247 e. The minimum atomic E-state index is -0.774. The normalized spacial score (nSPS) is 18.2. The van der Waals surface area contributed by atoms with Crippen molar-refractivity contribution in [2.45, 2.75) is 38.1 Å². The first-order valence-corrected chi connectivity index (χ1v) is 12.6. The highest BCUT2D eigenvalue weighted by Gasteiger charge is 2.29. The molecular formula is C28H31ClN4O3. The fourth-order valence-corrected chi connectivity index (χ4v) is 4.64. The van der Waals surface area contributed by atoms with Crippen molar-refractivity contribution in [1.29, 1.82) is 0 Å². The van der Waals surface area contributed by atoms with Crippen LogP contribution in [0.1, 0.15) is 31.2 Å². The minimum Gasteiger partial charge on any atom is -0.457 e. The van der Waals surface area contributed by atoms with Crippen molar-refractivity contribution < 1.29 is 14.3 Å². The number of hydrogen-bond donors (Lipinski definition) is 3. The highest BCUT2D eigenvalue weighted by Crippen LogP contribution is 2.28. The molecule has 1 aliphatic rings. The number of benzene rings is 2. The second-order valence-electron chi connectivity index (χ2n) is 9.14. The number of carbonyl (C=O) groups excluding carboxylic acids is 2. The molecule has 2 aromatic carbocycles. The SMILES string of the molecule is NCC1CCC(C(=O)NC(Cc2cccc(Oc3ccccc3)c2)C(=O)Nc2ccnc(Cl)c2)CC1. The van der Waals surface area contributed by atoms with Crippen LogP contribution in [0, 0.1) is 11.8 Å². The molecule has 36 heavy (non-hydrogen) atoms. The number of rotatable bonds is 9. The van der Waals surface area contributed by atoms with E-state index in [1.54, 1.807) is 12.1 Å². The molecule has 1 heterocycles. The van der Waals surface area contributed by atoms with Gasteiger partial charge in [-0.05, 0) is 80.1 Å². The van der Waals surface area contributed by atoms with Gasteiger partial charge < -0.3 is 21.1 Å². The van der Waals surface area contributed by atoms with Gasteiger partial charge in [-0.1, -0.05) is 41.9 Å². The third-order valence-corrected chi connectivity index (χ3v) is 6.70. The lowest BCUT2D eigenvalue weighted by Gasteiger charge is -2.28. The summed E-state index contributed by atoms with van der Waals surface area (Å²) in [6, 6.07) is 19.5. The summed E-state index contributed by atoms with van der Waals surface area (Å²) in [5, 5.41) is 6.13. The molecule has 4 rings (SSSR count). The molecule has 1 aliphatic carbocycles. The number of anilines is 1. The predicted octanol–water partition coefficient (Wildman–Crippen LogP) is 4.96. The van der Waals surface area contributed by atoms with Crippen LogP contribution in [0.15, 0.2) is 72.9 Å². The van der Waals surface area contributed by atoms with Crippen LogP contribution in [-0.4, -0.2) is 29.4 Å². The Labute approximate surface area is 216 Å². The Morgan fingerprint density at radius 3 is 2.47 bits per heavy atom. The highest BCUT2D eigenvalue weighted by molar-refractivity contribution is 6.29. The number of hydrogen-bond acceptors (Lipinski definition) is 5. The Kier molecular flexibility index (Phi) is 8.92. The fourth-order valence-electron chi connectivity index (χ4n) is 4.47. The molecular weight excluding hydrogens is 476 g/mol. The molecule has 1 fully saturated rings. The summed E-state index contributed by atoms with van der Waals surface area (Å²) in [5.41, 5.74) is 7.18. The molecule has 0 aliphatic heterocycles. The number of aromatic nitrogens is 1. The fraction of sp³-hybridized carbons (Fsp3) is 0.321. The zero-order chi connectivity index (χ0) is 25.3. The van der Waals surface area contributed by atoms with Gasteiger partial charge in [0.25, 0.3) is 0 Å². The van der Waals surface area contributed by atoms with E-state index in [0.717, 1.165) is 37.0 Å². The molecule has 1 unspecified atom stereocenters. The summed E-state index contributed by atoms with van der Waals surface area (Å²) in [4.78, 5) is 30.4. The van der Waals surface area contributed by atoms with Gasteiger partial charge >= 0.3 is 0 Å². The van der Waals surface area contributed by atoms with E-state index >= 15 is 0 Å². The molecule has 0 saturated heterocycles. The Hall–Kier alpha value is -3.42. The number of amides is 2. The van der Waals surface area contributed by atoms with E-state index in [9.17, 15) is 9.59 Å². The van der Waals surface area contributed by atoms with Gasteiger partial charge in [-0.3, -0.25) is 9.59 Å². The smallest absolute Gasteiger partial charge is 0.247 e. The van der Waals surface area contributed by atoms with Crippen LogP contribution in [-0.2, 0) is 16.0 Å². The summed E-state index contributed by atoms with van der Waals surface area (Å²) < 4.78 is 5.95. The number of nitrogens with one attached hydrogen (secondary N) is 2. The minimum absolute atomic E-state index is 0.102. The van der Waals surface area contributed by atoms with Crippen molar-refractivity contribution in [1.82, 2.24) is 10.3 Å². The molecule has 8 heteroatoms. The zero-order valence-electron chi connectivity index (χ0n) is 20.0. The first kappa shape index (κ1) is 25.7. The van der Waals surface area contributed by atoms with Crippen molar-refractivity contribution >= 4 is 29.1 Å². The number of para-hydroxylation sites is 1. The number of halogens is 1. The van der Waals surface area contributed by atoms with Gasteiger partial charge in [-0.15, -0.1) is 0 Å². The van der Waals surface area contributed by atoms with Crippen LogP contribution >= 0.6 is 11.6 Å². The first-order chi connectivity index (χ1) is 17.5. The average Bonchev–Trinajstić information content (AvgIpc) is 2.89. The molecule has 0 spiro atoms. The Bertz CT molecular complexity index is 1170. The van der Waals surface area contributed by atoms with Crippen LogP contribution in [0.2, 0.25) is 5.15 Å².